The third-order valence-electron chi connectivity index (χ3n) is 3.75. The van der Waals surface area contributed by atoms with Gasteiger partial charge in [-0.3, -0.25) is 0 Å². The highest BCUT2D eigenvalue weighted by molar-refractivity contribution is 5.74. The Bertz CT molecular complexity index is 844. The van der Waals surface area contributed by atoms with Crippen LogP contribution in [0.15, 0.2) is 36.4 Å². The molecule has 0 fully saturated rings. The Morgan fingerprint density at radius 2 is 2.12 bits per heavy atom. The zero-order valence-corrected chi connectivity index (χ0v) is 14.0. The standard InChI is InChI=1S/C19H16FNO5/c1-12(26-17-4-2-13(8-21)3-5-17)19(22)24-10-15-7-16(20)6-14-9-23-11-25-18(14)15/h2-7,12H,9-11H2,1H3/t12-/m0/s1. The summed E-state index contributed by atoms with van der Waals surface area (Å²) in [5.74, 6) is -0.131. The fraction of sp³-hybridized carbons (Fsp3) is 0.263. The summed E-state index contributed by atoms with van der Waals surface area (Å²) in [4.78, 5) is 12.1. The summed E-state index contributed by atoms with van der Waals surface area (Å²) in [6.07, 6.45) is -0.864. The zero-order chi connectivity index (χ0) is 18.5. The molecule has 2 aromatic carbocycles. The summed E-state index contributed by atoms with van der Waals surface area (Å²) in [5.41, 5.74) is 1.50. The summed E-state index contributed by atoms with van der Waals surface area (Å²) < 4.78 is 34.9. The number of ether oxygens (including phenoxy) is 4. The molecule has 0 aromatic heterocycles. The summed E-state index contributed by atoms with van der Waals surface area (Å²) in [7, 11) is 0. The number of nitrogens with zero attached hydrogens (tertiary/aromatic N) is 1. The molecule has 3 rings (SSSR count). The Labute approximate surface area is 149 Å². The van der Waals surface area contributed by atoms with E-state index in [1.165, 1.54) is 12.1 Å². The predicted octanol–water partition coefficient (Wildman–Crippen LogP) is 3.07. The highest BCUT2D eigenvalue weighted by Gasteiger charge is 2.21. The van der Waals surface area contributed by atoms with Crippen LogP contribution < -0.4 is 9.47 Å². The average molecular weight is 357 g/mol. The summed E-state index contributed by atoms with van der Waals surface area (Å²) in [6, 6.07) is 11.0. The Morgan fingerprint density at radius 1 is 1.35 bits per heavy atom. The van der Waals surface area contributed by atoms with E-state index < -0.39 is 17.9 Å². The number of esters is 1. The molecule has 2 aromatic rings. The van der Waals surface area contributed by atoms with Crippen molar-refractivity contribution in [2.24, 2.45) is 0 Å². The molecule has 0 saturated heterocycles. The van der Waals surface area contributed by atoms with Gasteiger partial charge in [0.2, 0.25) is 0 Å². The summed E-state index contributed by atoms with van der Waals surface area (Å²) in [6.45, 7) is 1.72. The molecule has 0 bridgehead atoms. The third kappa shape index (κ3) is 4.10. The van der Waals surface area contributed by atoms with Gasteiger partial charge < -0.3 is 18.9 Å². The van der Waals surface area contributed by atoms with Crippen LogP contribution in [0.3, 0.4) is 0 Å². The van der Waals surface area contributed by atoms with Crippen molar-refractivity contribution in [2.75, 3.05) is 6.79 Å². The van der Waals surface area contributed by atoms with Crippen LogP contribution in [0.2, 0.25) is 0 Å². The lowest BCUT2D eigenvalue weighted by atomic mass is 10.1. The minimum atomic E-state index is -0.864. The third-order valence-corrected chi connectivity index (χ3v) is 3.75. The number of carbonyl (C=O) groups excluding carboxylic acids is 1. The van der Waals surface area contributed by atoms with Gasteiger partial charge in [0.25, 0.3) is 0 Å². The molecule has 134 valence electrons. The summed E-state index contributed by atoms with van der Waals surface area (Å²) >= 11 is 0. The van der Waals surface area contributed by atoms with Crippen molar-refractivity contribution in [3.63, 3.8) is 0 Å². The van der Waals surface area contributed by atoms with E-state index in [0.717, 1.165) is 0 Å². The SMILES string of the molecule is C[C@H](Oc1ccc(C#N)cc1)C(=O)OCc1cc(F)cc2c1OCOC2. The number of halogens is 1. The molecule has 0 N–H and O–H groups in total. The van der Waals surface area contributed by atoms with Crippen molar-refractivity contribution in [3.8, 4) is 17.6 Å². The molecule has 6 nitrogen and oxygen atoms in total. The maximum Gasteiger partial charge on any atom is 0.347 e. The minimum Gasteiger partial charge on any atom is -0.479 e. The second-order valence-corrected chi connectivity index (χ2v) is 5.67. The fourth-order valence-electron chi connectivity index (χ4n) is 2.49. The smallest absolute Gasteiger partial charge is 0.347 e. The first-order valence-electron chi connectivity index (χ1n) is 7.92. The van der Waals surface area contributed by atoms with Gasteiger partial charge in [0.1, 0.15) is 23.9 Å². The van der Waals surface area contributed by atoms with Gasteiger partial charge in [0.05, 0.1) is 18.2 Å². The van der Waals surface area contributed by atoms with Gasteiger partial charge in [-0.05, 0) is 43.3 Å². The van der Waals surface area contributed by atoms with Gasteiger partial charge in [-0.15, -0.1) is 0 Å². The first kappa shape index (κ1) is 17.7. The molecule has 0 saturated carbocycles. The molecule has 0 aliphatic carbocycles. The molecule has 1 heterocycles. The van der Waals surface area contributed by atoms with E-state index in [1.807, 2.05) is 6.07 Å². The van der Waals surface area contributed by atoms with Crippen LogP contribution in [-0.4, -0.2) is 18.9 Å². The van der Waals surface area contributed by atoms with Crippen LogP contribution in [-0.2, 0) is 27.5 Å². The fourth-order valence-corrected chi connectivity index (χ4v) is 2.49. The van der Waals surface area contributed by atoms with E-state index in [4.69, 9.17) is 24.2 Å². The number of carbonyl (C=O) groups is 1. The number of hydrogen-bond donors (Lipinski definition) is 0. The van der Waals surface area contributed by atoms with Crippen LogP contribution in [0.1, 0.15) is 23.6 Å². The molecule has 0 amide bonds. The molecule has 1 aliphatic heterocycles. The topological polar surface area (TPSA) is 77.8 Å². The number of benzene rings is 2. The molecular formula is C19H16FNO5. The van der Waals surface area contributed by atoms with E-state index in [-0.39, 0.29) is 20.0 Å². The molecule has 0 radical (unpaired) electrons. The highest BCUT2D eigenvalue weighted by Crippen LogP contribution is 2.30. The van der Waals surface area contributed by atoms with Gasteiger partial charge in [-0.1, -0.05) is 0 Å². The molecule has 26 heavy (non-hydrogen) atoms. The quantitative estimate of drug-likeness (QED) is 0.766. The van der Waals surface area contributed by atoms with E-state index in [0.29, 0.717) is 28.2 Å². The highest BCUT2D eigenvalue weighted by atomic mass is 19.1. The Kier molecular flexibility index (Phi) is 5.34. The van der Waals surface area contributed by atoms with Gasteiger partial charge in [-0.2, -0.15) is 5.26 Å². The molecule has 0 spiro atoms. The minimum absolute atomic E-state index is 0.0672. The van der Waals surface area contributed by atoms with E-state index in [1.54, 1.807) is 31.2 Å². The Hall–Kier alpha value is -3.11. The maximum atomic E-state index is 13.7. The number of rotatable bonds is 5. The van der Waals surface area contributed by atoms with Gasteiger partial charge in [-0.25, -0.2) is 9.18 Å². The van der Waals surface area contributed by atoms with Crippen LogP contribution in [0.4, 0.5) is 4.39 Å². The van der Waals surface area contributed by atoms with E-state index in [9.17, 15) is 9.18 Å². The lowest BCUT2D eigenvalue weighted by Crippen LogP contribution is -2.26. The van der Waals surface area contributed by atoms with Crippen molar-refractivity contribution in [1.82, 2.24) is 0 Å². The Morgan fingerprint density at radius 3 is 2.85 bits per heavy atom. The molecule has 1 atom stereocenters. The molecular weight excluding hydrogens is 341 g/mol. The monoisotopic (exact) mass is 357 g/mol. The van der Waals surface area contributed by atoms with Crippen molar-refractivity contribution in [2.45, 2.75) is 26.2 Å². The van der Waals surface area contributed by atoms with Crippen molar-refractivity contribution < 1.29 is 28.1 Å². The van der Waals surface area contributed by atoms with E-state index >= 15 is 0 Å². The lowest BCUT2D eigenvalue weighted by molar-refractivity contribution is -0.152. The van der Waals surface area contributed by atoms with E-state index in [2.05, 4.69) is 0 Å². The van der Waals surface area contributed by atoms with Crippen LogP contribution in [0.5, 0.6) is 11.5 Å². The van der Waals surface area contributed by atoms with Gasteiger partial charge in [0, 0.05) is 11.1 Å². The van der Waals surface area contributed by atoms with Crippen LogP contribution in [0, 0.1) is 17.1 Å². The van der Waals surface area contributed by atoms with Gasteiger partial charge in [0.15, 0.2) is 12.9 Å². The number of nitriles is 1. The molecule has 7 heteroatoms. The van der Waals surface area contributed by atoms with Crippen LogP contribution >= 0.6 is 0 Å². The second-order valence-electron chi connectivity index (χ2n) is 5.67. The maximum absolute atomic E-state index is 13.7. The zero-order valence-electron chi connectivity index (χ0n) is 14.0. The van der Waals surface area contributed by atoms with Gasteiger partial charge >= 0.3 is 5.97 Å². The lowest BCUT2D eigenvalue weighted by Gasteiger charge is -2.21. The number of hydrogen-bond acceptors (Lipinski definition) is 6. The average Bonchev–Trinajstić information content (AvgIpc) is 2.66. The molecule has 1 aliphatic rings. The van der Waals surface area contributed by atoms with Crippen molar-refractivity contribution >= 4 is 5.97 Å². The van der Waals surface area contributed by atoms with Crippen molar-refractivity contribution in [1.29, 1.82) is 5.26 Å². The normalized spacial score (nSPS) is 13.7. The first-order valence-corrected chi connectivity index (χ1v) is 7.92. The Balaban J connectivity index is 1.61. The number of fused-ring (bicyclic) bond motifs is 1. The largest absolute Gasteiger partial charge is 0.479 e. The first-order chi connectivity index (χ1) is 12.6. The van der Waals surface area contributed by atoms with Crippen LogP contribution in [0.25, 0.3) is 0 Å². The second kappa shape index (κ2) is 7.85. The predicted molar refractivity (Wildman–Crippen MR) is 87.7 cm³/mol. The summed E-state index contributed by atoms with van der Waals surface area (Å²) in [5, 5.41) is 8.77. The molecule has 0 unspecified atom stereocenters. The van der Waals surface area contributed by atoms with Crippen molar-refractivity contribution in [3.05, 3.63) is 58.9 Å².